The van der Waals surface area contributed by atoms with E-state index in [4.69, 9.17) is 0 Å². The Labute approximate surface area is 129 Å². The Morgan fingerprint density at radius 2 is 2.25 bits per heavy atom. The molecule has 20 heavy (non-hydrogen) atoms. The minimum absolute atomic E-state index is 0.293. The highest BCUT2D eigenvalue weighted by atomic mass is 79.9. The third kappa shape index (κ3) is 3.72. The molecule has 1 unspecified atom stereocenters. The molecule has 1 N–H and O–H groups in total. The molecule has 1 aromatic carbocycles. The summed E-state index contributed by atoms with van der Waals surface area (Å²) in [4.78, 5) is 9.94. The number of thioether (sulfide) groups is 1. The number of halogens is 1. The third-order valence-corrected chi connectivity index (χ3v) is 6.17. The Balaban J connectivity index is 2.23. The second-order valence-corrected chi connectivity index (χ2v) is 8.25. The average molecular weight is 381 g/mol. The fourth-order valence-corrected chi connectivity index (χ4v) is 5.01. The Kier molecular flexibility index (Phi) is 5.05. The summed E-state index contributed by atoms with van der Waals surface area (Å²) in [6.45, 7) is 0.318. The van der Waals surface area contributed by atoms with E-state index in [-0.39, 0.29) is 4.90 Å². The normalized spacial score (nSPS) is 19.1. The summed E-state index contributed by atoms with van der Waals surface area (Å²) in [6, 6.07) is 3.89. The highest BCUT2D eigenvalue weighted by molar-refractivity contribution is 9.10. The lowest BCUT2D eigenvalue weighted by molar-refractivity contribution is -0.387. The predicted molar refractivity (Wildman–Crippen MR) is 81.4 cm³/mol. The molecule has 1 atom stereocenters. The Hall–Kier alpha value is -0.640. The van der Waals surface area contributed by atoms with Crippen molar-refractivity contribution in [3.8, 4) is 0 Å². The molecule has 0 aromatic heterocycles. The van der Waals surface area contributed by atoms with Crippen LogP contribution in [0.25, 0.3) is 0 Å². The van der Waals surface area contributed by atoms with E-state index in [9.17, 15) is 18.5 Å². The first-order valence-corrected chi connectivity index (χ1v) is 9.34. The molecule has 1 aromatic rings. The van der Waals surface area contributed by atoms with E-state index in [0.717, 1.165) is 17.9 Å². The number of benzene rings is 1. The average Bonchev–Trinajstić information content (AvgIpc) is 2.89. The van der Waals surface area contributed by atoms with Crippen molar-refractivity contribution in [1.29, 1.82) is 0 Å². The predicted octanol–water partition coefficient (Wildman–Crippen LogP) is 2.39. The fourth-order valence-electron chi connectivity index (χ4n) is 1.90. The SMILES string of the molecule is O=[N+]([O-])c1ccc(Br)cc1S(=O)(=O)NCC1CCSC1. The van der Waals surface area contributed by atoms with Gasteiger partial charge in [0.05, 0.1) is 4.92 Å². The van der Waals surface area contributed by atoms with Gasteiger partial charge in [-0.1, -0.05) is 15.9 Å². The number of nitrogens with zero attached hydrogens (tertiary/aromatic N) is 1. The van der Waals surface area contributed by atoms with Gasteiger partial charge in [-0.3, -0.25) is 10.1 Å². The molecule has 0 saturated carbocycles. The lowest BCUT2D eigenvalue weighted by Crippen LogP contribution is -2.29. The smallest absolute Gasteiger partial charge is 0.258 e. The van der Waals surface area contributed by atoms with Crippen LogP contribution in [0.15, 0.2) is 27.6 Å². The van der Waals surface area contributed by atoms with Gasteiger partial charge < -0.3 is 0 Å². The van der Waals surface area contributed by atoms with Gasteiger partial charge in [0, 0.05) is 17.1 Å². The van der Waals surface area contributed by atoms with Gasteiger partial charge in [-0.25, -0.2) is 13.1 Å². The number of rotatable bonds is 5. The van der Waals surface area contributed by atoms with E-state index >= 15 is 0 Å². The first-order valence-electron chi connectivity index (χ1n) is 5.91. The number of nitro benzene ring substituents is 1. The molecule has 1 fully saturated rings. The summed E-state index contributed by atoms with van der Waals surface area (Å²) in [5.41, 5.74) is -0.415. The summed E-state index contributed by atoms with van der Waals surface area (Å²) in [7, 11) is -3.88. The standard InChI is InChI=1S/C11H13BrN2O4S2/c12-9-1-2-10(14(15)16)11(5-9)20(17,18)13-6-8-3-4-19-7-8/h1-2,5,8,13H,3-4,6-7H2. The molecule has 0 bridgehead atoms. The van der Waals surface area contributed by atoms with Gasteiger partial charge in [0.2, 0.25) is 10.0 Å². The lowest BCUT2D eigenvalue weighted by Gasteiger charge is -2.11. The minimum Gasteiger partial charge on any atom is -0.258 e. The van der Waals surface area contributed by atoms with Crippen molar-refractivity contribution in [2.24, 2.45) is 5.92 Å². The minimum atomic E-state index is -3.88. The molecular formula is C11H13BrN2O4S2. The van der Waals surface area contributed by atoms with Crippen molar-refractivity contribution in [1.82, 2.24) is 4.72 Å². The van der Waals surface area contributed by atoms with E-state index in [1.54, 1.807) is 11.8 Å². The van der Waals surface area contributed by atoms with E-state index in [1.165, 1.54) is 18.2 Å². The van der Waals surface area contributed by atoms with Crippen LogP contribution in [0.3, 0.4) is 0 Å². The van der Waals surface area contributed by atoms with Crippen molar-refractivity contribution in [2.45, 2.75) is 11.3 Å². The number of hydrogen-bond acceptors (Lipinski definition) is 5. The van der Waals surface area contributed by atoms with Crippen molar-refractivity contribution < 1.29 is 13.3 Å². The molecule has 1 aliphatic heterocycles. The quantitative estimate of drug-likeness (QED) is 0.625. The summed E-state index contributed by atoms with van der Waals surface area (Å²) in [6.07, 6.45) is 0.966. The second-order valence-electron chi connectivity index (χ2n) is 4.45. The van der Waals surface area contributed by atoms with Crippen molar-refractivity contribution >= 4 is 43.4 Å². The zero-order valence-corrected chi connectivity index (χ0v) is 13.6. The molecule has 1 aliphatic rings. The van der Waals surface area contributed by atoms with Gasteiger partial charge in [0.15, 0.2) is 4.90 Å². The van der Waals surface area contributed by atoms with Gasteiger partial charge in [-0.2, -0.15) is 11.8 Å². The van der Waals surface area contributed by atoms with Crippen LogP contribution in [0, 0.1) is 16.0 Å². The van der Waals surface area contributed by atoms with Gasteiger partial charge >= 0.3 is 0 Å². The lowest BCUT2D eigenvalue weighted by atomic mass is 10.1. The molecule has 2 rings (SSSR count). The van der Waals surface area contributed by atoms with E-state index in [0.29, 0.717) is 16.9 Å². The fraction of sp³-hybridized carbons (Fsp3) is 0.455. The van der Waals surface area contributed by atoms with Crippen LogP contribution < -0.4 is 4.72 Å². The highest BCUT2D eigenvalue weighted by Crippen LogP contribution is 2.28. The van der Waals surface area contributed by atoms with Gasteiger partial charge in [-0.05, 0) is 36.0 Å². The van der Waals surface area contributed by atoms with Gasteiger partial charge in [-0.15, -0.1) is 0 Å². The van der Waals surface area contributed by atoms with Gasteiger partial charge in [0.1, 0.15) is 0 Å². The van der Waals surface area contributed by atoms with Crippen LogP contribution in [0.1, 0.15) is 6.42 Å². The number of hydrogen-bond donors (Lipinski definition) is 1. The molecule has 1 heterocycles. The first-order chi connectivity index (χ1) is 9.40. The molecule has 0 radical (unpaired) electrons. The number of sulfonamides is 1. The molecule has 0 amide bonds. The zero-order chi connectivity index (χ0) is 14.8. The van der Waals surface area contributed by atoms with Crippen LogP contribution >= 0.6 is 27.7 Å². The topological polar surface area (TPSA) is 89.3 Å². The largest absolute Gasteiger partial charge is 0.289 e. The summed E-state index contributed by atoms with van der Waals surface area (Å²) in [5.74, 6) is 2.24. The maximum Gasteiger partial charge on any atom is 0.289 e. The number of nitrogens with one attached hydrogen (secondary N) is 1. The van der Waals surface area contributed by atoms with Crippen molar-refractivity contribution in [3.63, 3.8) is 0 Å². The molecule has 9 heteroatoms. The van der Waals surface area contributed by atoms with Crippen LogP contribution in [0.5, 0.6) is 0 Å². The van der Waals surface area contributed by atoms with Crippen LogP contribution in [-0.4, -0.2) is 31.4 Å². The molecule has 0 spiro atoms. The van der Waals surface area contributed by atoms with E-state index < -0.39 is 20.6 Å². The maximum atomic E-state index is 12.2. The maximum absolute atomic E-state index is 12.2. The van der Waals surface area contributed by atoms with E-state index in [1.807, 2.05) is 0 Å². The zero-order valence-electron chi connectivity index (χ0n) is 10.4. The summed E-state index contributed by atoms with van der Waals surface area (Å²) in [5, 5.41) is 10.9. The molecular weight excluding hydrogens is 368 g/mol. The van der Waals surface area contributed by atoms with Crippen LogP contribution in [-0.2, 0) is 10.0 Å². The first kappa shape index (κ1) is 15.7. The van der Waals surface area contributed by atoms with Crippen molar-refractivity contribution in [2.75, 3.05) is 18.1 Å². The molecule has 0 aliphatic carbocycles. The molecule has 110 valence electrons. The summed E-state index contributed by atoms with van der Waals surface area (Å²) < 4.78 is 27.4. The van der Waals surface area contributed by atoms with E-state index in [2.05, 4.69) is 20.7 Å². The Bertz CT molecular complexity index is 615. The Morgan fingerprint density at radius 3 is 2.85 bits per heavy atom. The van der Waals surface area contributed by atoms with Crippen LogP contribution in [0.2, 0.25) is 0 Å². The highest BCUT2D eigenvalue weighted by Gasteiger charge is 2.27. The number of nitro groups is 1. The summed E-state index contributed by atoms with van der Waals surface area (Å²) >= 11 is 4.93. The second kappa shape index (κ2) is 6.42. The monoisotopic (exact) mass is 380 g/mol. The van der Waals surface area contributed by atoms with Gasteiger partial charge in [0.25, 0.3) is 5.69 Å². The Morgan fingerprint density at radius 1 is 1.50 bits per heavy atom. The molecule has 1 saturated heterocycles. The third-order valence-electron chi connectivity index (χ3n) is 2.99. The van der Waals surface area contributed by atoms with Crippen LogP contribution in [0.4, 0.5) is 5.69 Å². The van der Waals surface area contributed by atoms with Crippen molar-refractivity contribution in [3.05, 3.63) is 32.8 Å². The molecule has 6 nitrogen and oxygen atoms in total.